The molecule has 1 aliphatic rings. The van der Waals surface area contributed by atoms with Crippen molar-refractivity contribution in [3.05, 3.63) is 59.7 Å². The molecule has 1 unspecified atom stereocenters. The van der Waals surface area contributed by atoms with E-state index in [9.17, 15) is 22.8 Å². The molecule has 2 aromatic carbocycles. The summed E-state index contributed by atoms with van der Waals surface area (Å²) in [7, 11) is 3.17. The molecule has 5 nitrogen and oxygen atoms in total. The zero-order valence-corrected chi connectivity index (χ0v) is 15.4. The second-order valence-electron chi connectivity index (χ2n) is 6.69. The first-order chi connectivity index (χ1) is 13.2. The Labute approximate surface area is 160 Å². The third-order valence-electron chi connectivity index (χ3n) is 4.40. The second kappa shape index (κ2) is 7.53. The number of benzene rings is 2. The Kier molecular flexibility index (Phi) is 5.31. The minimum atomic E-state index is -4.48. The zero-order chi connectivity index (χ0) is 20.5. The van der Waals surface area contributed by atoms with E-state index in [0.717, 1.165) is 12.1 Å². The van der Waals surface area contributed by atoms with E-state index in [2.05, 4.69) is 0 Å². The number of fused-ring (bicyclic) bond motifs is 1. The van der Waals surface area contributed by atoms with Crippen LogP contribution >= 0.6 is 0 Å². The highest BCUT2D eigenvalue weighted by Crippen LogP contribution is 2.34. The predicted octanol–water partition coefficient (Wildman–Crippen LogP) is 3.13. The molecule has 1 atom stereocenters. The van der Waals surface area contributed by atoms with Crippen LogP contribution in [0, 0.1) is 0 Å². The van der Waals surface area contributed by atoms with E-state index >= 15 is 0 Å². The summed E-state index contributed by atoms with van der Waals surface area (Å²) >= 11 is 0. The van der Waals surface area contributed by atoms with Crippen LogP contribution in [0.2, 0.25) is 0 Å². The van der Waals surface area contributed by atoms with Gasteiger partial charge in [0.15, 0.2) is 6.10 Å². The van der Waals surface area contributed by atoms with Crippen molar-refractivity contribution < 1.29 is 27.5 Å². The number of amides is 2. The number of nitrogens with zero attached hydrogens (tertiary/aromatic N) is 2. The summed E-state index contributed by atoms with van der Waals surface area (Å²) in [5, 5.41) is 0. The standard InChI is InChI=1S/C20H19F3N2O3/c1-24(2)19(27)17-12-25(15-8-3-4-9-16(15)28-17)18(26)11-13-6-5-7-14(10-13)20(21,22)23/h3-10,17H,11-12H2,1-2H3. The van der Waals surface area contributed by atoms with E-state index in [-0.39, 0.29) is 24.4 Å². The van der Waals surface area contributed by atoms with Gasteiger partial charge in [0.05, 0.1) is 24.2 Å². The fraction of sp³-hybridized carbons (Fsp3) is 0.300. The number of alkyl halides is 3. The maximum Gasteiger partial charge on any atom is 0.416 e. The minimum Gasteiger partial charge on any atom is -0.476 e. The molecule has 0 aromatic heterocycles. The molecule has 0 fully saturated rings. The normalized spacial score (nSPS) is 16.2. The maximum absolute atomic E-state index is 12.9. The summed E-state index contributed by atoms with van der Waals surface area (Å²) in [5.74, 6) is -0.329. The van der Waals surface area contributed by atoms with Crippen molar-refractivity contribution in [3.63, 3.8) is 0 Å². The van der Waals surface area contributed by atoms with E-state index in [0.29, 0.717) is 11.4 Å². The Morgan fingerprint density at radius 2 is 1.86 bits per heavy atom. The second-order valence-corrected chi connectivity index (χ2v) is 6.69. The molecule has 0 aliphatic carbocycles. The molecule has 1 heterocycles. The van der Waals surface area contributed by atoms with Gasteiger partial charge in [0, 0.05) is 14.1 Å². The van der Waals surface area contributed by atoms with E-state index in [1.807, 2.05) is 0 Å². The lowest BCUT2D eigenvalue weighted by molar-refractivity contribution is -0.138. The van der Waals surface area contributed by atoms with Crippen molar-refractivity contribution in [2.75, 3.05) is 25.5 Å². The monoisotopic (exact) mass is 392 g/mol. The lowest BCUT2D eigenvalue weighted by Crippen LogP contribution is -2.50. The van der Waals surface area contributed by atoms with Crippen LogP contribution in [0.25, 0.3) is 0 Å². The highest BCUT2D eigenvalue weighted by molar-refractivity contribution is 5.98. The van der Waals surface area contributed by atoms with Gasteiger partial charge in [-0.05, 0) is 23.8 Å². The van der Waals surface area contributed by atoms with Crippen molar-refractivity contribution >= 4 is 17.5 Å². The summed E-state index contributed by atoms with van der Waals surface area (Å²) in [4.78, 5) is 28.0. The molecule has 2 amide bonds. The third-order valence-corrected chi connectivity index (χ3v) is 4.40. The lowest BCUT2D eigenvalue weighted by atomic mass is 10.1. The highest BCUT2D eigenvalue weighted by Gasteiger charge is 2.35. The number of halogens is 3. The predicted molar refractivity (Wildman–Crippen MR) is 97.1 cm³/mol. The van der Waals surface area contributed by atoms with Crippen LogP contribution in [-0.2, 0) is 22.2 Å². The Bertz CT molecular complexity index is 896. The Balaban J connectivity index is 1.87. The topological polar surface area (TPSA) is 49.9 Å². The molecule has 1 aliphatic heterocycles. The number of anilines is 1. The summed E-state index contributed by atoms with van der Waals surface area (Å²) in [6.07, 6.45) is -5.58. The number of carbonyl (C=O) groups excluding carboxylic acids is 2. The van der Waals surface area contributed by atoms with Gasteiger partial charge in [-0.1, -0.05) is 30.3 Å². The molecule has 0 bridgehead atoms. The molecule has 2 aromatic rings. The molecule has 0 spiro atoms. The first-order valence-electron chi connectivity index (χ1n) is 8.60. The maximum atomic E-state index is 12.9. The van der Waals surface area contributed by atoms with Gasteiger partial charge in [-0.2, -0.15) is 13.2 Å². The molecule has 148 valence electrons. The van der Waals surface area contributed by atoms with Gasteiger partial charge >= 0.3 is 6.18 Å². The van der Waals surface area contributed by atoms with Crippen LogP contribution in [0.15, 0.2) is 48.5 Å². The molecule has 0 N–H and O–H groups in total. The average molecular weight is 392 g/mol. The Morgan fingerprint density at radius 3 is 2.54 bits per heavy atom. The number of hydrogen-bond acceptors (Lipinski definition) is 3. The fourth-order valence-corrected chi connectivity index (χ4v) is 3.01. The van der Waals surface area contributed by atoms with E-state index in [1.165, 1.54) is 21.9 Å². The third kappa shape index (κ3) is 4.11. The van der Waals surface area contributed by atoms with Gasteiger partial charge in [-0.25, -0.2) is 0 Å². The van der Waals surface area contributed by atoms with Crippen LogP contribution in [0.1, 0.15) is 11.1 Å². The van der Waals surface area contributed by atoms with Crippen LogP contribution in [0.4, 0.5) is 18.9 Å². The Hall–Kier alpha value is -3.03. The van der Waals surface area contributed by atoms with Gasteiger partial charge < -0.3 is 14.5 Å². The van der Waals surface area contributed by atoms with Crippen LogP contribution in [0.3, 0.4) is 0 Å². The number of carbonyl (C=O) groups is 2. The van der Waals surface area contributed by atoms with E-state index in [4.69, 9.17) is 4.74 Å². The highest BCUT2D eigenvalue weighted by atomic mass is 19.4. The Morgan fingerprint density at radius 1 is 1.14 bits per heavy atom. The van der Waals surface area contributed by atoms with Crippen molar-refractivity contribution in [3.8, 4) is 5.75 Å². The lowest BCUT2D eigenvalue weighted by Gasteiger charge is -2.35. The van der Waals surface area contributed by atoms with Gasteiger partial charge in [0.25, 0.3) is 5.91 Å². The van der Waals surface area contributed by atoms with Crippen LogP contribution < -0.4 is 9.64 Å². The first kappa shape index (κ1) is 19.7. The summed E-state index contributed by atoms with van der Waals surface area (Å²) in [5.41, 5.74) is -0.0672. The minimum absolute atomic E-state index is 0.00811. The molecule has 0 radical (unpaired) electrons. The number of hydrogen-bond donors (Lipinski definition) is 0. The van der Waals surface area contributed by atoms with Gasteiger partial charge in [-0.3, -0.25) is 9.59 Å². The summed E-state index contributed by atoms with van der Waals surface area (Å²) in [6, 6.07) is 11.4. The van der Waals surface area contributed by atoms with Gasteiger partial charge in [-0.15, -0.1) is 0 Å². The molecule has 3 rings (SSSR count). The van der Waals surface area contributed by atoms with Crippen molar-refractivity contribution in [1.82, 2.24) is 4.90 Å². The van der Waals surface area contributed by atoms with Crippen LogP contribution in [-0.4, -0.2) is 43.5 Å². The number of ether oxygens (including phenoxy) is 1. The van der Waals surface area contributed by atoms with Crippen molar-refractivity contribution in [1.29, 1.82) is 0 Å². The van der Waals surface area contributed by atoms with E-state index < -0.39 is 23.8 Å². The van der Waals surface area contributed by atoms with Crippen molar-refractivity contribution in [2.45, 2.75) is 18.7 Å². The summed E-state index contributed by atoms with van der Waals surface area (Å²) < 4.78 is 44.5. The SMILES string of the molecule is CN(C)C(=O)C1CN(C(=O)Cc2cccc(C(F)(F)F)c2)c2ccccc2O1. The number of likely N-dealkylation sites (N-methyl/N-ethyl adjacent to an activating group) is 1. The molecule has 8 heteroatoms. The number of rotatable bonds is 3. The molecule has 0 saturated carbocycles. The summed E-state index contributed by atoms with van der Waals surface area (Å²) in [6.45, 7) is -0.00811. The van der Waals surface area contributed by atoms with Gasteiger partial charge in [0.2, 0.25) is 5.91 Å². The smallest absolute Gasteiger partial charge is 0.416 e. The van der Waals surface area contributed by atoms with E-state index in [1.54, 1.807) is 38.4 Å². The molecule has 0 saturated heterocycles. The largest absolute Gasteiger partial charge is 0.476 e. The molecular formula is C20H19F3N2O3. The van der Waals surface area contributed by atoms with Crippen LogP contribution in [0.5, 0.6) is 5.75 Å². The van der Waals surface area contributed by atoms with Gasteiger partial charge in [0.1, 0.15) is 5.75 Å². The zero-order valence-electron chi connectivity index (χ0n) is 15.4. The molecule has 28 heavy (non-hydrogen) atoms. The fourth-order valence-electron chi connectivity index (χ4n) is 3.01. The molecular weight excluding hydrogens is 373 g/mol. The quantitative estimate of drug-likeness (QED) is 0.807. The first-order valence-corrected chi connectivity index (χ1v) is 8.60. The van der Waals surface area contributed by atoms with Crippen molar-refractivity contribution in [2.24, 2.45) is 0 Å². The number of para-hydroxylation sites is 2. The average Bonchev–Trinajstić information content (AvgIpc) is 2.65.